The van der Waals surface area contributed by atoms with E-state index in [0.29, 0.717) is 0 Å². The van der Waals surface area contributed by atoms with E-state index in [-0.39, 0.29) is 0 Å². The summed E-state index contributed by atoms with van der Waals surface area (Å²) in [6.07, 6.45) is 0. The summed E-state index contributed by atoms with van der Waals surface area (Å²) in [4.78, 5) is 0. The Balaban J connectivity index is 1.45. The Morgan fingerprint density at radius 2 is 0.667 bits per heavy atom. The highest BCUT2D eigenvalue weighted by Gasteiger charge is 2.22. The van der Waals surface area contributed by atoms with Crippen LogP contribution in [0.2, 0.25) is 0 Å². The number of hydrogen-bond donors (Lipinski definition) is 0. The summed E-state index contributed by atoms with van der Waals surface area (Å²) in [5, 5.41) is 7.52. The van der Waals surface area contributed by atoms with E-state index in [1.807, 2.05) is 0 Å². The van der Waals surface area contributed by atoms with Gasteiger partial charge in [-0.1, -0.05) is 176 Å². The van der Waals surface area contributed by atoms with Gasteiger partial charge >= 0.3 is 0 Å². The van der Waals surface area contributed by atoms with Crippen molar-refractivity contribution in [2.75, 3.05) is 0 Å². The van der Waals surface area contributed by atoms with Crippen molar-refractivity contribution in [2.45, 2.75) is 0 Å². The van der Waals surface area contributed by atoms with Crippen molar-refractivity contribution >= 4 is 32.3 Å². The Bertz CT molecular complexity index is 2520. The highest BCUT2D eigenvalue weighted by atomic mass is 14.3. The number of hydrogen-bond acceptors (Lipinski definition) is 0. The number of rotatable bonds is 5. The second-order valence-electron chi connectivity index (χ2n) is 12.4. The first-order valence-corrected chi connectivity index (χ1v) is 16.6. The van der Waals surface area contributed by atoms with Gasteiger partial charge in [-0.25, -0.2) is 0 Å². The van der Waals surface area contributed by atoms with Gasteiger partial charge in [0, 0.05) is 0 Å². The van der Waals surface area contributed by atoms with Gasteiger partial charge in [0.2, 0.25) is 0 Å². The summed E-state index contributed by atoms with van der Waals surface area (Å²) in [6, 6.07) is 70.8. The molecule has 0 atom stereocenters. The molecule has 0 saturated heterocycles. The quantitative estimate of drug-likeness (QED) is 0.171. The Labute approximate surface area is 281 Å². The molecular formula is C48H32. The van der Waals surface area contributed by atoms with Crippen molar-refractivity contribution in [2.24, 2.45) is 0 Å². The maximum atomic E-state index is 2.42. The molecule has 224 valence electrons. The lowest BCUT2D eigenvalue weighted by atomic mass is 9.80. The van der Waals surface area contributed by atoms with Crippen molar-refractivity contribution in [3.05, 3.63) is 194 Å². The van der Waals surface area contributed by atoms with Crippen LogP contribution in [0.1, 0.15) is 0 Å². The first kappa shape index (κ1) is 28.0. The summed E-state index contributed by atoms with van der Waals surface area (Å²) in [7, 11) is 0. The van der Waals surface area contributed by atoms with Crippen LogP contribution in [0.4, 0.5) is 0 Å². The van der Waals surface area contributed by atoms with Gasteiger partial charge in [0.1, 0.15) is 0 Å². The molecule has 0 radical (unpaired) electrons. The van der Waals surface area contributed by atoms with Crippen LogP contribution in [0.25, 0.3) is 88.0 Å². The third-order valence-electron chi connectivity index (χ3n) is 9.63. The van der Waals surface area contributed by atoms with Gasteiger partial charge < -0.3 is 0 Å². The van der Waals surface area contributed by atoms with Crippen LogP contribution in [-0.4, -0.2) is 0 Å². The molecule has 9 aromatic carbocycles. The van der Waals surface area contributed by atoms with Gasteiger partial charge in [-0.15, -0.1) is 0 Å². The molecule has 0 nitrogen and oxygen atoms in total. The Hall–Kier alpha value is -6.24. The van der Waals surface area contributed by atoms with E-state index in [4.69, 9.17) is 0 Å². The maximum Gasteiger partial charge on any atom is -0.00197 e. The van der Waals surface area contributed by atoms with Crippen LogP contribution < -0.4 is 0 Å². The van der Waals surface area contributed by atoms with E-state index in [9.17, 15) is 0 Å². The highest BCUT2D eigenvalue weighted by molar-refractivity contribution is 6.23. The fraction of sp³-hybridized carbons (Fsp3) is 0. The fourth-order valence-electron chi connectivity index (χ4n) is 7.47. The normalized spacial score (nSPS) is 11.3. The van der Waals surface area contributed by atoms with Gasteiger partial charge in [-0.05, 0) is 106 Å². The minimum Gasteiger partial charge on any atom is -0.0622 e. The molecule has 0 unspecified atom stereocenters. The lowest BCUT2D eigenvalue weighted by molar-refractivity contribution is 1.56. The fourth-order valence-corrected chi connectivity index (χ4v) is 7.47. The van der Waals surface area contributed by atoms with Gasteiger partial charge in [0.15, 0.2) is 0 Å². The second kappa shape index (κ2) is 11.8. The molecule has 0 amide bonds. The smallest absolute Gasteiger partial charge is 0.00197 e. The number of fused-ring (bicyclic) bond motifs is 3. The molecule has 0 saturated carbocycles. The van der Waals surface area contributed by atoms with Crippen LogP contribution in [0.5, 0.6) is 0 Å². The largest absolute Gasteiger partial charge is 0.0622 e. The van der Waals surface area contributed by atoms with Crippen molar-refractivity contribution < 1.29 is 0 Å². The molecule has 0 N–H and O–H groups in total. The van der Waals surface area contributed by atoms with Gasteiger partial charge in [0.05, 0.1) is 0 Å². The minimum absolute atomic E-state index is 1.20. The summed E-state index contributed by atoms with van der Waals surface area (Å²) >= 11 is 0. The molecule has 0 aliphatic rings. The van der Waals surface area contributed by atoms with E-state index in [2.05, 4.69) is 194 Å². The average Bonchev–Trinajstić information content (AvgIpc) is 3.17. The monoisotopic (exact) mass is 608 g/mol. The van der Waals surface area contributed by atoms with Crippen LogP contribution >= 0.6 is 0 Å². The van der Waals surface area contributed by atoms with E-state index >= 15 is 0 Å². The van der Waals surface area contributed by atoms with Crippen molar-refractivity contribution in [1.29, 1.82) is 0 Å². The molecule has 48 heavy (non-hydrogen) atoms. The average molecular weight is 609 g/mol. The summed E-state index contributed by atoms with van der Waals surface area (Å²) in [6.45, 7) is 0. The Morgan fingerprint density at radius 1 is 0.208 bits per heavy atom. The zero-order valence-corrected chi connectivity index (χ0v) is 26.5. The SMILES string of the molecule is c1ccc(-c2cc(-c3ccccc3)c(-c3ccccc3)c(-c3c4ccccc4c(-c4ccc5ccccc5c4)c4ccccc34)c2)cc1. The first-order chi connectivity index (χ1) is 23.8. The van der Waals surface area contributed by atoms with Crippen molar-refractivity contribution in [3.63, 3.8) is 0 Å². The zero-order chi connectivity index (χ0) is 31.9. The predicted molar refractivity (Wildman–Crippen MR) is 206 cm³/mol. The molecule has 9 aromatic rings. The molecule has 9 rings (SSSR count). The van der Waals surface area contributed by atoms with Crippen molar-refractivity contribution in [1.82, 2.24) is 0 Å². The lowest BCUT2D eigenvalue weighted by Crippen LogP contribution is -1.96. The third-order valence-corrected chi connectivity index (χ3v) is 9.63. The van der Waals surface area contributed by atoms with Gasteiger partial charge in [-0.2, -0.15) is 0 Å². The third kappa shape index (κ3) is 4.78. The van der Waals surface area contributed by atoms with Gasteiger partial charge in [-0.3, -0.25) is 0 Å². The van der Waals surface area contributed by atoms with Crippen LogP contribution in [-0.2, 0) is 0 Å². The lowest BCUT2D eigenvalue weighted by Gasteiger charge is -2.23. The highest BCUT2D eigenvalue weighted by Crippen LogP contribution is 2.49. The standard InChI is InChI=1S/C48H32/c1-4-16-33(17-5-1)39-31-44(35-19-6-2-7-20-35)46(36-21-8-3-9-22-36)45(32-39)48-42-26-14-12-24-40(42)47(41-25-13-15-27-43(41)48)38-29-28-34-18-10-11-23-37(34)30-38/h1-32H. The number of benzene rings is 9. The predicted octanol–water partition coefficient (Wildman–Crippen LogP) is 13.5. The van der Waals surface area contributed by atoms with Crippen LogP contribution in [0.3, 0.4) is 0 Å². The van der Waals surface area contributed by atoms with Crippen LogP contribution in [0.15, 0.2) is 194 Å². The van der Waals surface area contributed by atoms with E-state index < -0.39 is 0 Å². The molecule has 0 bridgehead atoms. The zero-order valence-electron chi connectivity index (χ0n) is 26.5. The molecule has 0 heterocycles. The molecular weight excluding hydrogens is 577 g/mol. The van der Waals surface area contributed by atoms with E-state index in [1.54, 1.807) is 0 Å². The first-order valence-electron chi connectivity index (χ1n) is 16.6. The summed E-state index contributed by atoms with van der Waals surface area (Å²) in [5.41, 5.74) is 12.3. The maximum absolute atomic E-state index is 2.42. The van der Waals surface area contributed by atoms with Crippen molar-refractivity contribution in [3.8, 4) is 55.6 Å². The molecule has 0 spiro atoms. The minimum atomic E-state index is 1.20. The van der Waals surface area contributed by atoms with E-state index in [0.717, 1.165) is 0 Å². The summed E-state index contributed by atoms with van der Waals surface area (Å²) < 4.78 is 0. The molecule has 0 aliphatic carbocycles. The second-order valence-corrected chi connectivity index (χ2v) is 12.4. The van der Waals surface area contributed by atoms with Crippen LogP contribution in [0, 0.1) is 0 Å². The topological polar surface area (TPSA) is 0 Å². The molecule has 0 aliphatic heterocycles. The molecule has 0 heteroatoms. The Kier molecular flexibility index (Phi) is 6.91. The summed E-state index contributed by atoms with van der Waals surface area (Å²) in [5.74, 6) is 0. The van der Waals surface area contributed by atoms with E-state index in [1.165, 1.54) is 88.0 Å². The molecule has 0 fully saturated rings. The van der Waals surface area contributed by atoms with Gasteiger partial charge in [0.25, 0.3) is 0 Å². The Morgan fingerprint density at radius 3 is 1.27 bits per heavy atom. The molecule has 0 aromatic heterocycles.